The molecule has 2 aliphatic heterocycles. The zero-order valence-electron chi connectivity index (χ0n) is 13.6. The molecule has 126 valence electrons. The lowest BCUT2D eigenvalue weighted by molar-refractivity contribution is -0.135. The van der Waals surface area contributed by atoms with Crippen LogP contribution in [-0.2, 0) is 11.2 Å². The number of carbonyl (C=O) groups excluding carboxylic acids is 1. The lowest BCUT2D eigenvalue weighted by atomic mass is 9.85. The van der Waals surface area contributed by atoms with E-state index in [0.29, 0.717) is 17.3 Å². The molecular weight excluding hydrogens is 309 g/mol. The summed E-state index contributed by atoms with van der Waals surface area (Å²) in [5, 5.41) is 7.56. The maximum Gasteiger partial charge on any atom is 0.229 e. The topological polar surface area (TPSA) is 59.2 Å². The van der Waals surface area contributed by atoms with E-state index in [0.717, 1.165) is 25.7 Å². The Balaban J connectivity index is 1.47. The van der Waals surface area contributed by atoms with Crippen LogP contribution < -0.4 is 0 Å². The third kappa shape index (κ3) is 2.70. The van der Waals surface area contributed by atoms with Crippen LogP contribution in [0.15, 0.2) is 28.9 Å². The van der Waals surface area contributed by atoms with Gasteiger partial charge in [0.2, 0.25) is 5.91 Å². The second-order valence-electron chi connectivity index (χ2n) is 6.88. The predicted octanol–water partition coefficient (Wildman–Crippen LogP) is 3.00. The van der Waals surface area contributed by atoms with E-state index in [-0.39, 0.29) is 30.2 Å². The summed E-state index contributed by atoms with van der Waals surface area (Å²) in [6.07, 6.45) is 4.24. The van der Waals surface area contributed by atoms with Crippen LogP contribution in [0.3, 0.4) is 0 Å². The summed E-state index contributed by atoms with van der Waals surface area (Å²) in [5.74, 6) is 0.312. The van der Waals surface area contributed by atoms with E-state index in [2.05, 4.69) is 14.9 Å². The molecule has 6 heteroatoms. The fourth-order valence-corrected chi connectivity index (χ4v) is 4.24. The van der Waals surface area contributed by atoms with Crippen molar-refractivity contribution in [3.63, 3.8) is 0 Å². The van der Waals surface area contributed by atoms with Gasteiger partial charge in [-0.25, -0.2) is 9.02 Å². The molecule has 4 rings (SSSR count). The number of carbonyl (C=O) groups is 1. The monoisotopic (exact) mass is 329 g/mol. The number of aryl methyl sites for hydroxylation is 1. The summed E-state index contributed by atoms with van der Waals surface area (Å²) < 4.78 is 17.8. The number of halogens is 1. The average molecular weight is 329 g/mol. The second-order valence-corrected chi connectivity index (χ2v) is 6.88. The first-order chi connectivity index (χ1) is 11.6. The fraction of sp³-hybridized carbons (Fsp3) is 0.500. The first kappa shape index (κ1) is 15.3. The standard InChI is InChI=1S/C18H20FN3O2/c1-11-17(21-24-20-11)10-18(23)22-15-6-7-16(22)9-13(8-15)12-2-4-14(19)5-3-12/h2-5,13,15-16H,6-10H2,1H3/t15-,16-/m1/s1. The number of rotatable bonds is 3. The predicted molar refractivity (Wildman–Crippen MR) is 84.8 cm³/mol. The van der Waals surface area contributed by atoms with Crippen molar-refractivity contribution in [2.75, 3.05) is 0 Å². The van der Waals surface area contributed by atoms with Gasteiger partial charge in [-0.05, 0) is 56.2 Å². The fourth-order valence-electron chi connectivity index (χ4n) is 4.24. The molecule has 1 amide bonds. The number of benzene rings is 1. The Bertz CT molecular complexity index is 729. The molecule has 24 heavy (non-hydrogen) atoms. The minimum atomic E-state index is -0.203. The number of fused-ring (bicyclic) bond motifs is 2. The van der Waals surface area contributed by atoms with E-state index in [4.69, 9.17) is 0 Å². The molecule has 0 N–H and O–H groups in total. The Morgan fingerprint density at radius 3 is 2.46 bits per heavy atom. The summed E-state index contributed by atoms with van der Waals surface area (Å²) in [5.41, 5.74) is 2.48. The number of piperidine rings is 1. The minimum absolute atomic E-state index is 0.110. The highest BCUT2D eigenvalue weighted by Gasteiger charge is 2.43. The molecule has 2 aliphatic rings. The Labute approximate surface area is 139 Å². The molecular formula is C18H20FN3O2. The van der Waals surface area contributed by atoms with Gasteiger partial charge in [0.05, 0.1) is 6.42 Å². The van der Waals surface area contributed by atoms with Crippen molar-refractivity contribution >= 4 is 5.91 Å². The minimum Gasteiger partial charge on any atom is -0.336 e. The van der Waals surface area contributed by atoms with Crippen LogP contribution in [-0.4, -0.2) is 33.2 Å². The molecule has 0 saturated carbocycles. The summed E-state index contributed by atoms with van der Waals surface area (Å²) in [4.78, 5) is 14.8. The zero-order valence-corrected chi connectivity index (χ0v) is 13.6. The largest absolute Gasteiger partial charge is 0.336 e. The summed E-state index contributed by atoms with van der Waals surface area (Å²) in [6, 6.07) is 7.34. The van der Waals surface area contributed by atoms with Crippen molar-refractivity contribution in [3.05, 3.63) is 47.0 Å². The van der Waals surface area contributed by atoms with Crippen molar-refractivity contribution in [1.82, 2.24) is 15.2 Å². The molecule has 0 radical (unpaired) electrons. The first-order valence-electron chi connectivity index (χ1n) is 8.46. The van der Waals surface area contributed by atoms with Crippen LogP contribution in [0.1, 0.15) is 48.6 Å². The first-order valence-corrected chi connectivity index (χ1v) is 8.46. The number of aromatic nitrogens is 2. The Hall–Kier alpha value is -2.24. The summed E-state index contributed by atoms with van der Waals surface area (Å²) in [6.45, 7) is 1.80. The van der Waals surface area contributed by atoms with Gasteiger partial charge < -0.3 is 4.90 Å². The Morgan fingerprint density at radius 1 is 1.21 bits per heavy atom. The van der Waals surface area contributed by atoms with E-state index in [9.17, 15) is 9.18 Å². The maximum atomic E-state index is 13.1. The van der Waals surface area contributed by atoms with Gasteiger partial charge in [0, 0.05) is 12.1 Å². The molecule has 2 fully saturated rings. The van der Waals surface area contributed by atoms with Crippen molar-refractivity contribution in [2.24, 2.45) is 0 Å². The van der Waals surface area contributed by atoms with E-state index in [1.54, 1.807) is 6.92 Å². The van der Waals surface area contributed by atoms with Gasteiger partial charge >= 0.3 is 0 Å². The molecule has 0 aliphatic carbocycles. The highest BCUT2D eigenvalue weighted by Crippen LogP contribution is 2.43. The van der Waals surface area contributed by atoms with Gasteiger partial charge in [0.25, 0.3) is 0 Å². The van der Waals surface area contributed by atoms with E-state index >= 15 is 0 Å². The van der Waals surface area contributed by atoms with E-state index in [1.807, 2.05) is 17.0 Å². The van der Waals surface area contributed by atoms with E-state index in [1.165, 1.54) is 17.7 Å². The molecule has 1 aromatic carbocycles. The maximum absolute atomic E-state index is 13.1. The smallest absolute Gasteiger partial charge is 0.229 e. The molecule has 5 nitrogen and oxygen atoms in total. The second kappa shape index (κ2) is 6.00. The van der Waals surface area contributed by atoms with E-state index < -0.39 is 0 Å². The molecule has 0 spiro atoms. The lowest BCUT2D eigenvalue weighted by Crippen LogP contribution is -2.46. The molecule has 3 heterocycles. The molecule has 1 aromatic heterocycles. The highest BCUT2D eigenvalue weighted by atomic mass is 19.1. The summed E-state index contributed by atoms with van der Waals surface area (Å²) >= 11 is 0. The molecule has 0 unspecified atom stereocenters. The van der Waals surface area contributed by atoms with Crippen LogP contribution in [0.5, 0.6) is 0 Å². The Morgan fingerprint density at radius 2 is 1.88 bits per heavy atom. The molecule has 2 saturated heterocycles. The van der Waals surface area contributed by atoms with Crippen LogP contribution in [0, 0.1) is 12.7 Å². The highest BCUT2D eigenvalue weighted by molar-refractivity contribution is 5.79. The number of hydrogen-bond donors (Lipinski definition) is 0. The van der Waals surface area contributed by atoms with Gasteiger partial charge in [-0.3, -0.25) is 4.79 Å². The van der Waals surface area contributed by atoms with Crippen LogP contribution >= 0.6 is 0 Å². The molecule has 2 bridgehead atoms. The van der Waals surface area contributed by atoms with Gasteiger partial charge in [0.15, 0.2) is 0 Å². The van der Waals surface area contributed by atoms with Gasteiger partial charge in [-0.2, -0.15) is 0 Å². The average Bonchev–Trinajstić information content (AvgIpc) is 3.08. The van der Waals surface area contributed by atoms with Crippen molar-refractivity contribution in [1.29, 1.82) is 0 Å². The SMILES string of the molecule is Cc1nonc1CC(=O)N1[C@@H]2CC[C@@H]1CC(c1ccc(F)cc1)C2. The number of nitrogens with zero attached hydrogens (tertiary/aromatic N) is 3. The van der Waals surface area contributed by atoms with Gasteiger partial charge in [0.1, 0.15) is 17.2 Å². The third-order valence-corrected chi connectivity index (χ3v) is 5.43. The number of hydrogen-bond acceptors (Lipinski definition) is 4. The molecule has 2 atom stereocenters. The van der Waals surface area contributed by atoms with Crippen LogP contribution in [0.25, 0.3) is 0 Å². The van der Waals surface area contributed by atoms with Crippen LogP contribution in [0.2, 0.25) is 0 Å². The van der Waals surface area contributed by atoms with Gasteiger partial charge in [-0.15, -0.1) is 0 Å². The van der Waals surface area contributed by atoms with Crippen molar-refractivity contribution in [2.45, 2.75) is 57.0 Å². The summed E-state index contributed by atoms with van der Waals surface area (Å²) in [7, 11) is 0. The normalized spacial score (nSPS) is 25.9. The Kier molecular flexibility index (Phi) is 3.82. The number of amides is 1. The van der Waals surface area contributed by atoms with Crippen molar-refractivity contribution < 1.29 is 13.8 Å². The lowest BCUT2D eigenvalue weighted by Gasteiger charge is -2.39. The molecule has 2 aromatic rings. The zero-order chi connectivity index (χ0) is 16.7. The van der Waals surface area contributed by atoms with Gasteiger partial charge in [-0.1, -0.05) is 22.4 Å². The van der Waals surface area contributed by atoms with Crippen LogP contribution in [0.4, 0.5) is 4.39 Å². The third-order valence-electron chi connectivity index (χ3n) is 5.43. The quantitative estimate of drug-likeness (QED) is 0.868. The van der Waals surface area contributed by atoms with Crippen molar-refractivity contribution in [3.8, 4) is 0 Å².